The molecule has 0 aliphatic rings. The van der Waals surface area contributed by atoms with E-state index in [1.54, 1.807) is 0 Å². The zero-order chi connectivity index (χ0) is 6.78. The van der Waals surface area contributed by atoms with Crippen LogP contribution in [-0.2, 0) is 15.0 Å². The zero-order valence-corrected chi connectivity index (χ0v) is 5.69. The maximum absolute atomic E-state index is 9.83. The molecule has 0 aromatic heterocycles. The molecule has 0 saturated heterocycles. The van der Waals surface area contributed by atoms with E-state index in [9.17, 15) is 9.00 Å². The van der Waals surface area contributed by atoms with Crippen LogP contribution in [0.1, 0.15) is 0 Å². The van der Waals surface area contributed by atoms with Gasteiger partial charge in [-0.25, -0.2) is 9.00 Å². The van der Waals surface area contributed by atoms with Gasteiger partial charge in [-0.15, -0.1) is 0 Å². The van der Waals surface area contributed by atoms with Crippen molar-refractivity contribution in [2.24, 2.45) is 0 Å². The fraction of sp³-hybridized carbons (Fsp3) is 0. The molecule has 0 fully saturated rings. The summed E-state index contributed by atoms with van der Waals surface area (Å²) in [6, 6.07) is 0. The monoisotopic (exact) mass is 184 g/mol. The first-order chi connectivity index (χ1) is 3.48. The van der Waals surface area contributed by atoms with Crippen LogP contribution in [0.5, 0.6) is 0 Å². The van der Waals surface area contributed by atoms with Crippen LogP contribution in [0.15, 0.2) is 0 Å². The normalized spacial score (nSPS) is 11.4. The van der Waals surface area contributed by atoms with Gasteiger partial charge in [-0.1, -0.05) is 0 Å². The summed E-state index contributed by atoms with van der Waals surface area (Å²) in [6.45, 7) is 0. The molecule has 52 valence electrons. The molecule has 0 saturated carbocycles. The third kappa shape index (κ3) is 5.42. The van der Waals surface area contributed by atoms with Crippen LogP contribution in [0.4, 0.5) is 4.79 Å². The number of thiol groups is 1. The molecule has 0 heterocycles. The van der Waals surface area contributed by atoms with Crippen molar-refractivity contribution in [3.63, 3.8) is 0 Å². The molecule has 0 aromatic rings. The van der Waals surface area contributed by atoms with Gasteiger partial charge in [0.1, 0.15) is 0 Å². The van der Waals surface area contributed by atoms with E-state index in [-0.39, 0.29) is 29.6 Å². The predicted molar refractivity (Wildman–Crippen MR) is 38.1 cm³/mol. The van der Waals surface area contributed by atoms with E-state index < -0.39 is 15.8 Å². The van der Waals surface area contributed by atoms with Crippen LogP contribution < -0.4 is 0 Å². The van der Waals surface area contributed by atoms with Gasteiger partial charge in [0.25, 0.3) is 0 Å². The molecule has 0 aromatic carbocycles. The van der Waals surface area contributed by atoms with Gasteiger partial charge in [-0.05, 0) is 0 Å². The van der Waals surface area contributed by atoms with E-state index in [0.717, 1.165) is 0 Å². The summed E-state index contributed by atoms with van der Waals surface area (Å²) in [4.78, 5) is 9.83. The van der Waals surface area contributed by atoms with E-state index in [0.29, 0.717) is 0 Å². The van der Waals surface area contributed by atoms with E-state index in [1.807, 2.05) is 0 Å². The van der Waals surface area contributed by atoms with Gasteiger partial charge in [-0.2, -0.15) is 0 Å². The molecule has 1 unspecified atom stereocenters. The predicted octanol–water partition coefficient (Wildman–Crippen LogP) is -0.773. The molecule has 8 heteroatoms. The van der Waals surface area contributed by atoms with Crippen molar-refractivity contribution in [3.05, 3.63) is 0 Å². The molecule has 0 spiro atoms. The van der Waals surface area contributed by atoms with Crippen molar-refractivity contribution in [2.45, 2.75) is 0 Å². The van der Waals surface area contributed by atoms with Gasteiger partial charge >= 0.3 is 34.9 Å². The van der Waals surface area contributed by atoms with Crippen LogP contribution in [0, 0.1) is 0 Å². The number of rotatable bonds is 0. The summed E-state index contributed by atoms with van der Waals surface area (Å²) in [6.07, 6.45) is 0. The molecule has 0 rings (SSSR count). The van der Waals surface area contributed by atoms with Crippen molar-refractivity contribution >= 4 is 54.8 Å². The molecule has 5 nitrogen and oxygen atoms in total. The Balaban J connectivity index is 0. The Morgan fingerprint density at radius 2 is 1.89 bits per heavy atom. The van der Waals surface area contributed by atoms with E-state index in [1.165, 1.54) is 9.47 Å². The Labute approximate surface area is 77.2 Å². The molecule has 2 N–H and O–H groups in total. The first-order valence-corrected chi connectivity index (χ1v) is 3.53. The number of carbonyl (C=O) groups excluding carboxylic acids is 1. The average molecular weight is 184 g/mol. The Bertz CT molecular complexity index is 140. The molecular weight excluding hydrogens is 178 g/mol. The van der Waals surface area contributed by atoms with E-state index >= 15 is 0 Å². The van der Waals surface area contributed by atoms with Gasteiger partial charge in [0.05, 0.1) is 9.47 Å². The molecule has 0 aliphatic heterocycles. The maximum atomic E-state index is 9.83. The number of carbonyl (C=O) groups is 1. The van der Waals surface area contributed by atoms with Gasteiger partial charge in [0.2, 0.25) is 0 Å². The summed E-state index contributed by atoms with van der Waals surface area (Å²) >= 11 is 0. The zero-order valence-electron chi connectivity index (χ0n) is 3.64. The molecule has 0 radical (unpaired) electrons. The fourth-order valence-electron chi connectivity index (χ4n) is 0.0687. The second-order valence-electron chi connectivity index (χ2n) is 0.928. The quantitative estimate of drug-likeness (QED) is 0.261. The second kappa shape index (κ2) is 4.73. The van der Waals surface area contributed by atoms with Crippen molar-refractivity contribution in [1.29, 1.82) is 0 Å². The molecule has 0 bridgehead atoms. The van der Waals surface area contributed by atoms with Gasteiger partial charge < -0.3 is 13.6 Å². The Hall–Kier alpha value is 0.970. The van der Waals surface area contributed by atoms with Crippen molar-refractivity contribution in [2.75, 3.05) is 0 Å². The van der Waals surface area contributed by atoms with Crippen molar-refractivity contribution in [3.8, 4) is 0 Å². The fourth-order valence-corrected chi connectivity index (χ4v) is 0.618. The summed E-state index contributed by atoms with van der Waals surface area (Å²) in [7, 11) is -3.20. The molecule has 9 heavy (non-hydrogen) atoms. The van der Waals surface area contributed by atoms with Gasteiger partial charge in [0.15, 0.2) is 10.5 Å². The van der Waals surface area contributed by atoms with Crippen LogP contribution in [0.3, 0.4) is 0 Å². The van der Waals surface area contributed by atoms with Gasteiger partial charge in [0, 0.05) is 0 Å². The Kier molecular flexibility index (Phi) is 6.64. The van der Waals surface area contributed by atoms with E-state index in [2.05, 4.69) is 4.52 Å². The van der Waals surface area contributed by atoms with Crippen molar-refractivity contribution < 1.29 is 22.6 Å². The topological polar surface area (TPSA) is 83.8 Å². The van der Waals surface area contributed by atoms with Crippen LogP contribution in [-0.4, -0.2) is 48.2 Å². The third-order valence-electron chi connectivity index (χ3n) is 0.339. The first kappa shape index (κ1) is 12.6. The molecular formula is CH6NaO5PS. The third-order valence-corrected chi connectivity index (χ3v) is 1.33. The first-order valence-electron chi connectivity index (χ1n) is 1.45. The Morgan fingerprint density at radius 3 is 1.89 bits per heavy atom. The summed E-state index contributed by atoms with van der Waals surface area (Å²) in [5.41, 5.74) is 0. The summed E-state index contributed by atoms with van der Waals surface area (Å²) in [5.74, 6) is 0. The minimum absolute atomic E-state index is 0. The number of hydrogen-bond donors (Lipinski definition) is 3. The van der Waals surface area contributed by atoms with Crippen LogP contribution in [0.2, 0.25) is 0 Å². The minimum atomic E-state index is -4.64. The second-order valence-corrected chi connectivity index (χ2v) is 2.62. The molecule has 0 amide bonds. The SMILES string of the molecule is O=C(OP)[SH](=O)(O)O.[NaH]. The summed E-state index contributed by atoms with van der Waals surface area (Å²) < 4.78 is 29.2. The number of hydrogen-bond acceptors (Lipinski definition) is 3. The average Bonchev–Trinajstić information content (AvgIpc) is 1.62. The van der Waals surface area contributed by atoms with E-state index in [4.69, 9.17) is 9.11 Å². The Morgan fingerprint density at radius 1 is 1.56 bits per heavy atom. The standard InChI is InChI=1S/CH5O5PS.Na.H/c2-1(6-7)8(3,4)5;;/h8H,7H2,(H2,3,4,5);;. The molecule has 1 atom stereocenters. The van der Waals surface area contributed by atoms with Crippen molar-refractivity contribution in [1.82, 2.24) is 0 Å². The summed E-state index contributed by atoms with van der Waals surface area (Å²) in [5, 5.41) is -1.54. The van der Waals surface area contributed by atoms with Crippen LogP contribution in [0.25, 0.3) is 0 Å². The molecule has 0 aliphatic carbocycles. The van der Waals surface area contributed by atoms with Crippen LogP contribution >= 0.6 is 9.47 Å². The van der Waals surface area contributed by atoms with Gasteiger partial charge in [-0.3, -0.25) is 0 Å².